The number of aryl methyl sites for hydroxylation is 2. The van der Waals surface area contributed by atoms with Gasteiger partial charge in [0.15, 0.2) is 0 Å². The Kier molecular flexibility index (Phi) is 5.15. The van der Waals surface area contributed by atoms with Crippen molar-refractivity contribution in [3.63, 3.8) is 0 Å². The topological polar surface area (TPSA) is 42.0 Å². The minimum atomic E-state index is -0.294. The number of carbonyl (C=O) groups is 1. The Bertz CT molecular complexity index is 893. The molecule has 0 saturated heterocycles. The molecule has 1 aromatic heterocycles. The highest BCUT2D eigenvalue weighted by Gasteiger charge is 2.21. The molecule has 0 radical (unpaired) electrons. The third-order valence-corrected chi connectivity index (χ3v) is 4.49. The third-order valence-electron chi connectivity index (χ3n) is 4.16. The van der Waals surface area contributed by atoms with E-state index in [1.807, 2.05) is 32.0 Å². The summed E-state index contributed by atoms with van der Waals surface area (Å²) in [7, 11) is 0. The minimum absolute atomic E-state index is 0.208. The molecule has 0 aliphatic carbocycles. The lowest BCUT2D eigenvalue weighted by Gasteiger charge is -2.22. The Morgan fingerprint density at radius 2 is 1.88 bits per heavy atom. The second-order valence-corrected chi connectivity index (χ2v) is 6.44. The zero-order valence-electron chi connectivity index (χ0n) is 14.2. The van der Waals surface area contributed by atoms with Crippen LogP contribution in [0.25, 0.3) is 0 Å². The number of aromatic nitrogens is 1. The second kappa shape index (κ2) is 7.49. The van der Waals surface area contributed by atoms with Crippen molar-refractivity contribution < 1.29 is 4.79 Å². The average molecular weight is 351 g/mol. The lowest BCUT2D eigenvalue weighted by atomic mass is 9.94. The van der Waals surface area contributed by atoms with Gasteiger partial charge in [-0.3, -0.25) is 9.78 Å². The first kappa shape index (κ1) is 17.2. The van der Waals surface area contributed by atoms with Gasteiger partial charge in [-0.05, 0) is 48.7 Å². The van der Waals surface area contributed by atoms with E-state index in [0.29, 0.717) is 10.6 Å². The van der Waals surface area contributed by atoms with Crippen LogP contribution in [0.15, 0.2) is 67.0 Å². The number of rotatable bonds is 4. The largest absolute Gasteiger partial charge is 0.341 e. The maximum atomic E-state index is 12.8. The highest BCUT2D eigenvalue weighted by atomic mass is 35.5. The molecule has 0 spiro atoms. The van der Waals surface area contributed by atoms with Gasteiger partial charge in [-0.25, -0.2) is 0 Å². The first-order chi connectivity index (χ1) is 12.1. The lowest BCUT2D eigenvalue weighted by molar-refractivity contribution is 0.0943. The maximum absolute atomic E-state index is 12.8. The molecular formula is C21H19ClN2O. The van der Waals surface area contributed by atoms with E-state index in [2.05, 4.69) is 28.5 Å². The van der Waals surface area contributed by atoms with Crippen molar-refractivity contribution in [3.8, 4) is 0 Å². The molecule has 0 aliphatic heterocycles. The summed E-state index contributed by atoms with van der Waals surface area (Å²) in [5.74, 6) is -0.208. The predicted molar refractivity (Wildman–Crippen MR) is 101 cm³/mol. The fourth-order valence-electron chi connectivity index (χ4n) is 2.81. The fraction of sp³-hybridized carbons (Fsp3) is 0.143. The number of benzene rings is 2. The van der Waals surface area contributed by atoms with Crippen LogP contribution < -0.4 is 5.32 Å². The summed E-state index contributed by atoms with van der Waals surface area (Å²) in [5.41, 5.74) is 4.69. The summed E-state index contributed by atoms with van der Waals surface area (Å²) in [4.78, 5) is 17.0. The summed E-state index contributed by atoms with van der Waals surface area (Å²) in [6.45, 7) is 4.08. The molecule has 1 amide bonds. The van der Waals surface area contributed by atoms with Crippen LogP contribution in [-0.4, -0.2) is 10.9 Å². The van der Waals surface area contributed by atoms with Crippen molar-refractivity contribution in [1.82, 2.24) is 10.3 Å². The van der Waals surface area contributed by atoms with Gasteiger partial charge in [-0.1, -0.05) is 53.6 Å². The summed E-state index contributed by atoms with van der Waals surface area (Å²) in [6.07, 6.45) is 3.50. The second-order valence-electron chi connectivity index (χ2n) is 6.03. The van der Waals surface area contributed by atoms with Crippen LogP contribution in [0.5, 0.6) is 0 Å². The van der Waals surface area contributed by atoms with E-state index >= 15 is 0 Å². The molecule has 3 nitrogen and oxygen atoms in total. The van der Waals surface area contributed by atoms with Gasteiger partial charge in [-0.2, -0.15) is 0 Å². The maximum Gasteiger partial charge on any atom is 0.253 e. The smallest absolute Gasteiger partial charge is 0.253 e. The molecule has 3 aromatic rings. The predicted octanol–water partition coefficient (Wildman–Crippen LogP) is 4.87. The fourth-order valence-corrected chi connectivity index (χ4v) is 3.03. The van der Waals surface area contributed by atoms with E-state index in [1.165, 1.54) is 0 Å². The molecule has 0 saturated carbocycles. The number of hydrogen-bond acceptors (Lipinski definition) is 2. The number of amides is 1. The zero-order chi connectivity index (χ0) is 17.8. The van der Waals surface area contributed by atoms with Gasteiger partial charge in [-0.15, -0.1) is 0 Å². The highest BCUT2D eigenvalue weighted by molar-refractivity contribution is 6.33. The zero-order valence-corrected chi connectivity index (χ0v) is 14.9. The van der Waals surface area contributed by atoms with Crippen molar-refractivity contribution >= 4 is 17.5 Å². The molecule has 1 N–H and O–H groups in total. The SMILES string of the molecule is Cc1ccc(C)c([C@H](NC(=O)c2ccccc2Cl)c2cccnc2)c1. The van der Waals surface area contributed by atoms with Crippen molar-refractivity contribution in [3.05, 3.63) is 99.8 Å². The van der Waals surface area contributed by atoms with Crippen molar-refractivity contribution in [2.45, 2.75) is 19.9 Å². The molecule has 4 heteroatoms. The van der Waals surface area contributed by atoms with Crippen molar-refractivity contribution in [2.24, 2.45) is 0 Å². The summed E-state index contributed by atoms with van der Waals surface area (Å²) < 4.78 is 0. The number of nitrogens with zero attached hydrogens (tertiary/aromatic N) is 1. The molecule has 25 heavy (non-hydrogen) atoms. The summed E-state index contributed by atoms with van der Waals surface area (Å²) in [5, 5.41) is 3.55. The van der Waals surface area contributed by atoms with Gasteiger partial charge in [0, 0.05) is 12.4 Å². The Morgan fingerprint density at radius 1 is 1.08 bits per heavy atom. The highest BCUT2D eigenvalue weighted by Crippen LogP contribution is 2.26. The average Bonchev–Trinajstić information content (AvgIpc) is 2.63. The monoisotopic (exact) mass is 350 g/mol. The van der Waals surface area contributed by atoms with Crippen LogP contribution in [0, 0.1) is 13.8 Å². The summed E-state index contributed by atoms with van der Waals surface area (Å²) >= 11 is 6.18. The molecule has 0 aliphatic rings. The minimum Gasteiger partial charge on any atom is -0.341 e. The molecule has 0 unspecified atom stereocenters. The number of pyridine rings is 1. The summed E-state index contributed by atoms with van der Waals surface area (Å²) in [6, 6.07) is 16.8. The lowest BCUT2D eigenvalue weighted by Crippen LogP contribution is -2.30. The van der Waals surface area contributed by atoms with E-state index < -0.39 is 0 Å². The van der Waals surface area contributed by atoms with Gasteiger partial charge in [0.05, 0.1) is 16.6 Å². The first-order valence-electron chi connectivity index (χ1n) is 8.08. The molecule has 0 bridgehead atoms. The molecule has 2 aromatic carbocycles. The molecule has 1 atom stereocenters. The van der Waals surface area contributed by atoms with Gasteiger partial charge in [0.2, 0.25) is 0 Å². The third kappa shape index (κ3) is 3.89. The van der Waals surface area contributed by atoms with Crippen molar-refractivity contribution in [2.75, 3.05) is 0 Å². The number of hydrogen-bond donors (Lipinski definition) is 1. The molecule has 126 valence electrons. The quantitative estimate of drug-likeness (QED) is 0.729. The Morgan fingerprint density at radius 3 is 2.60 bits per heavy atom. The Labute approximate surface area is 152 Å². The number of nitrogens with one attached hydrogen (secondary N) is 1. The number of carbonyl (C=O) groups excluding carboxylic acids is 1. The normalized spacial score (nSPS) is 11.8. The number of halogens is 1. The van der Waals surface area contributed by atoms with Gasteiger partial charge in [0.25, 0.3) is 5.91 Å². The van der Waals surface area contributed by atoms with Crippen LogP contribution in [0.1, 0.15) is 38.7 Å². The van der Waals surface area contributed by atoms with Crippen LogP contribution in [-0.2, 0) is 0 Å². The Balaban J connectivity index is 2.02. The van der Waals surface area contributed by atoms with E-state index in [9.17, 15) is 4.79 Å². The van der Waals surface area contributed by atoms with Gasteiger partial charge >= 0.3 is 0 Å². The molecular weight excluding hydrogens is 332 g/mol. The standard InChI is InChI=1S/C21H19ClN2O/c1-14-9-10-15(2)18(12-14)20(16-6-5-11-23-13-16)24-21(25)17-7-3-4-8-19(17)22/h3-13,20H,1-2H3,(H,24,25)/t20-/m1/s1. The van der Waals surface area contributed by atoms with Crippen molar-refractivity contribution in [1.29, 1.82) is 0 Å². The van der Waals surface area contributed by atoms with E-state index in [-0.39, 0.29) is 11.9 Å². The Hall–Kier alpha value is -2.65. The molecule has 3 rings (SSSR count). The van der Waals surface area contributed by atoms with Gasteiger partial charge in [0.1, 0.15) is 0 Å². The van der Waals surface area contributed by atoms with Gasteiger partial charge < -0.3 is 5.32 Å². The van der Waals surface area contributed by atoms with E-state index in [1.54, 1.807) is 30.6 Å². The van der Waals surface area contributed by atoms with Crippen LogP contribution in [0.4, 0.5) is 0 Å². The molecule has 1 heterocycles. The molecule has 0 fully saturated rings. The van der Waals surface area contributed by atoms with Crippen LogP contribution in [0.2, 0.25) is 5.02 Å². The first-order valence-corrected chi connectivity index (χ1v) is 8.46. The van der Waals surface area contributed by atoms with Crippen LogP contribution in [0.3, 0.4) is 0 Å². The van der Waals surface area contributed by atoms with E-state index in [0.717, 1.165) is 22.3 Å². The van der Waals surface area contributed by atoms with E-state index in [4.69, 9.17) is 11.6 Å². The van der Waals surface area contributed by atoms with Crippen LogP contribution >= 0.6 is 11.6 Å².